The minimum absolute atomic E-state index is 0.348. The van der Waals surface area contributed by atoms with Crippen LogP contribution in [0.2, 0.25) is 0 Å². The van der Waals surface area contributed by atoms with Gasteiger partial charge in [-0.3, -0.25) is 9.69 Å². The summed E-state index contributed by atoms with van der Waals surface area (Å²) in [5, 5.41) is 0. The van der Waals surface area contributed by atoms with Crippen molar-refractivity contribution in [1.82, 2.24) is 4.90 Å². The number of ketones is 1. The standard InChI is InChI=1S/C14H27NO/c1-4-8-12(2)15-10-7-5-6-9-14(15)11-13(3)16/h12,14H,4-11H2,1-3H3. The van der Waals surface area contributed by atoms with Crippen molar-refractivity contribution < 1.29 is 4.79 Å². The maximum absolute atomic E-state index is 11.3. The van der Waals surface area contributed by atoms with Crippen LogP contribution in [0.15, 0.2) is 0 Å². The summed E-state index contributed by atoms with van der Waals surface area (Å²) >= 11 is 0. The van der Waals surface area contributed by atoms with Crippen molar-refractivity contribution in [1.29, 1.82) is 0 Å². The van der Waals surface area contributed by atoms with E-state index >= 15 is 0 Å². The summed E-state index contributed by atoms with van der Waals surface area (Å²) in [5.41, 5.74) is 0. The number of carbonyl (C=O) groups excluding carboxylic acids is 1. The largest absolute Gasteiger partial charge is 0.300 e. The average molecular weight is 225 g/mol. The van der Waals surface area contributed by atoms with Gasteiger partial charge in [0, 0.05) is 18.5 Å². The van der Waals surface area contributed by atoms with Crippen LogP contribution in [0, 0.1) is 0 Å². The molecule has 1 saturated heterocycles. The topological polar surface area (TPSA) is 20.3 Å². The van der Waals surface area contributed by atoms with Crippen LogP contribution in [0.3, 0.4) is 0 Å². The molecule has 2 atom stereocenters. The lowest BCUT2D eigenvalue weighted by Gasteiger charge is -2.34. The van der Waals surface area contributed by atoms with Crippen LogP contribution in [0.5, 0.6) is 0 Å². The highest BCUT2D eigenvalue weighted by atomic mass is 16.1. The minimum atomic E-state index is 0.348. The van der Waals surface area contributed by atoms with E-state index in [9.17, 15) is 4.79 Å². The number of hydrogen-bond donors (Lipinski definition) is 0. The fraction of sp³-hybridized carbons (Fsp3) is 0.929. The average Bonchev–Trinajstić information content (AvgIpc) is 2.43. The van der Waals surface area contributed by atoms with Gasteiger partial charge in [0.05, 0.1) is 0 Å². The number of likely N-dealkylation sites (tertiary alicyclic amines) is 1. The lowest BCUT2D eigenvalue weighted by atomic mass is 10.0. The van der Waals surface area contributed by atoms with Crippen LogP contribution in [-0.4, -0.2) is 29.3 Å². The van der Waals surface area contributed by atoms with Crippen LogP contribution in [0.1, 0.15) is 65.7 Å². The van der Waals surface area contributed by atoms with Gasteiger partial charge in [0.2, 0.25) is 0 Å². The van der Waals surface area contributed by atoms with Crippen molar-refractivity contribution in [2.24, 2.45) is 0 Å². The van der Waals surface area contributed by atoms with E-state index in [2.05, 4.69) is 18.7 Å². The Morgan fingerprint density at radius 2 is 2.12 bits per heavy atom. The summed E-state index contributed by atoms with van der Waals surface area (Å²) in [7, 11) is 0. The Morgan fingerprint density at radius 3 is 2.75 bits per heavy atom. The van der Waals surface area contributed by atoms with Crippen molar-refractivity contribution in [3.8, 4) is 0 Å². The Labute approximate surface area is 100 Å². The highest BCUT2D eigenvalue weighted by molar-refractivity contribution is 5.76. The van der Waals surface area contributed by atoms with Crippen LogP contribution in [-0.2, 0) is 4.79 Å². The number of nitrogens with zero attached hydrogens (tertiary/aromatic N) is 1. The van der Waals surface area contributed by atoms with E-state index in [0.717, 1.165) is 6.42 Å². The molecule has 1 heterocycles. The van der Waals surface area contributed by atoms with E-state index in [1.54, 1.807) is 6.92 Å². The molecule has 1 rings (SSSR count). The molecule has 2 nitrogen and oxygen atoms in total. The predicted molar refractivity (Wildman–Crippen MR) is 68.6 cm³/mol. The molecule has 0 amide bonds. The maximum Gasteiger partial charge on any atom is 0.131 e. The van der Waals surface area contributed by atoms with Crippen molar-refractivity contribution >= 4 is 5.78 Å². The lowest BCUT2D eigenvalue weighted by Crippen LogP contribution is -2.42. The first-order valence-corrected chi connectivity index (χ1v) is 6.90. The number of Topliss-reactive ketones (excluding diaryl/α,β-unsaturated/α-hetero) is 1. The Bertz CT molecular complexity index is 215. The van der Waals surface area contributed by atoms with E-state index in [1.165, 1.54) is 45.1 Å². The smallest absolute Gasteiger partial charge is 0.131 e. The molecule has 2 heteroatoms. The van der Waals surface area contributed by atoms with Crippen LogP contribution >= 0.6 is 0 Å². The quantitative estimate of drug-likeness (QED) is 0.714. The highest BCUT2D eigenvalue weighted by Gasteiger charge is 2.25. The summed E-state index contributed by atoms with van der Waals surface area (Å²) < 4.78 is 0. The molecule has 0 aromatic rings. The van der Waals surface area contributed by atoms with Gasteiger partial charge in [-0.05, 0) is 39.7 Å². The molecule has 0 saturated carbocycles. The van der Waals surface area contributed by atoms with Crippen molar-refractivity contribution in [2.45, 2.75) is 77.8 Å². The third-order valence-corrected chi connectivity index (χ3v) is 3.72. The molecule has 0 spiro atoms. The SMILES string of the molecule is CCCC(C)N1CCCCCC1CC(C)=O. The van der Waals surface area contributed by atoms with E-state index in [1.807, 2.05) is 0 Å². The van der Waals surface area contributed by atoms with Gasteiger partial charge in [-0.25, -0.2) is 0 Å². The molecule has 94 valence electrons. The van der Waals surface area contributed by atoms with Crippen LogP contribution in [0.4, 0.5) is 0 Å². The maximum atomic E-state index is 11.3. The normalized spacial score (nSPS) is 25.1. The van der Waals surface area contributed by atoms with Gasteiger partial charge >= 0.3 is 0 Å². The van der Waals surface area contributed by atoms with Crippen molar-refractivity contribution in [2.75, 3.05) is 6.54 Å². The Balaban J connectivity index is 2.61. The molecule has 1 fully saturated rings. The minimum Gasteiger partial charge on any atom is -0.300 e. The van der Waals surface area contributed by atoms with E-state index < -0.39 is 0 Å². The molecule has 16 heavy (non-hydrogen) atoms. The molecular formula is C14H27NO. The van der Waals surface area contributed by atoms with Gasteiger partial charge in [-0.1, -0.05) is 26.2 Å². The summed E-state index contributed by atoms with van der Waals surface area (Å²) in [6.45, 7) is 7.49. The molecule has 0 aromatic carbocycles. The molecule has 0 aromatic heterocycles. The van der Waals surface area contributed by atoms with E-state index in [0.29, 0.717) is 17.9 Å². The summed E-state index contributed by atoms with van der Waals surface area (Å²) in [6.07, 6.45) is 8.42. The highest BCUT2D eigenvalue weighted by Crippen LogP contribution is 2.23. The zero-order chi connectivity index (χ0) is 12.0. The van der Waals surface area contributed by atoms with Gasteiger partial charge < -0.3 is 0 Å². The van der Waals surface area contributed by atoms with E-state index in [-0.39, 0.29) is 0 Å². The van der Waals surface area contributed by atoms with Crippen molar-refractivity contribution in [3.05, 3.63) is 0 Å². The lowest BCUT2D eigenvalue weighted by molar-refractivity contribution is -0.118. The molecule has 0 aliphatic carbocycles. The fourth-order valence-corrected chi connectivity index (χ4v) is 2.91. The molecule has 1 aliphatic heterocycles. The number of hydrogen-bond acceptors (Lipinski definition) is 2. The second kappa shape index (κ2) is 7.05. The molecule has 0 N–H and O–H groups in total. The first kappa shape index (κ1) is 13.7. The number of carbonyl (C=O) groups is 1. The summed E-state index contributed by atoms with van der Waals surface area (Å²) in [5.74, 6) is 0.348. The monoisotopic (exact) mass is 225 g/mol. The van der Waals surface area contributed by atoms with Gasteiger partial charge in [0.1, 0.15) is 5.78 Å². The molecule has 0 radical (unpaired) electrons. The van der Waals surface area contributed by atoms with Crippen LogP contribution < -0.4 is 0 Å². The second-order valence-corrected chi connectivity index (χ2v) is 5.28. The fourth-order valence-electron chi connectivity index (χ4n) is 2.91. The first-order valence-electron chi connectivity index (χ1n) is 6.90. The summed E-state index contributed by atoms with van der Waals surface area (Å²) in [4.78, 5) is 13.9. The second-order valence-electron chi connectivity index (χ2n) is 5.28. The molecule has 2 unspecified atom stereocenters. The van der Waals surface area contributed by atoms with Gasteiger partial charge in [0.15, 0.2) is 0 Å². The van der Waals surface area contributed by atoms with Gasteiger partial charge in [-0.2, -0.15) is 0 Å². The zero-order valence-electron chi connectivity index (χ0n) is 11.2. The molecule has 0 bridgehead atoms. The summed E-state index contributed by atoms with van der Waals surface area (Å²) in [6, 6.07) is 1.16. The third kappa shape index (κ3) is 4.25. The van der Waals surface area contributed by atoms with E-state index in [4.69, 9.17) is 0 Å². The molecule has 1 aliphatic rings. The Hall–Kier alpha value is -0.370. The van der Waals surface area contributed by atoms with Gasteiger partial charge in [0.25, 0.3) is 0 Å². The Morgan fingerprint density at radius 1 is 1.38 bits per heavy atom. The number of rotatable bonds is 5. The van der Waals surface area contributed by atoms with Gasteiger partial charge in [-0.15, -0.1) is 0 Å². The van der Waals surface area contributed by atoms with Crippen molar-refractivity contribution in [3.63, 3.8) is 0 Å². The Kier molecular flexibility index (Phi) is 6.04. The predicted octanol–water partition coefficient (Wildman–Crippen LogP) is 3.40. The first-order chi connectivity index (χ1) is 7.65. The molecular weight excluding hydrogens is 198 g/mol. The third-order valence-electron chi connectivity index (χ3n) is 3.72. The zero-order valence-corrected chi connectivity index (χ0v) is 11.2. The van der Waals surface area contributed by atoms with Crippen LogP contribution in [0.25, 0.3) is 0 Å².